The number of nitro groups is 1. The summed E-state index contributed by atoms with van der Waals surface area (Å²) in [6, 6.07) is 2.84. The molecule has 114 valence electrons. The predicted molar refractivity (Wildman–Crippen MR) is 78.8 cm³/mol. The molecule has 4 N–H and O–H groups in total. The van der Waals surface area contributed by atoms with Crippen LogP contribution in [0, 0.1) is 10.1 Å². The van der Waals surface area contributed by atoms with Crippen LogP contribution in [0.1, 0.15) is 19.4 Å². The smallest absolute Gasteiger partial charge is 0.315 e. The fraction of sp³-hybridized carbons (Fsp3) is 0.333. The summed E-state index contributed by atoms with van der Waals surface area (Å²) in [5.41, 5.74) is 10.4. The van der Waals surface area contributed by atoms with Crippen LogP contribution in [0.5, 0.6) is 11.5 Å². The van der Waals surface area contributed by atoms with Crippen molar-refractivity contribution >= 4 is 17.9 Å². The second kappa shape index (κ2) is 7.08. The van der Waals surface area contributed by atoms with Crippen molar-refractivity contribution in [3.05, 3.63) is 27.8 Å². The number of hydrogen-bond acceptors (Lipinski definition) is 6. The molecule has 1 aromatic rings. The van der Waals surface area contributed by atoms with Gasteiger partial charge in [0.05, 0.1) is 24.4 Å². The Morgan fingerprint density at radius 2 is 2.10 bits per heavy atom. The van der Waals surface area contributed by atoms with Crippen LogP contribution in [-0.2, 0) is 0 Å². The number of nitrogens with zero attached hydrogens (tertiary/aromatic N) is 3. The average Bonchev–Trinajstić information content (AvgIpc) is 2.38. The Bertz CT molecular complexity index is 579. The maximum Gasteiger partial charge on any atom is 0.315 e. The van der Waals surface area contributed by atoms with Crippen molar-refractivity contribution in [1.29, 1.82) is 0 Å². The second-order valence-corrected chi connectivity index (χ2v) is 4.26. The number of ether oxygens (including phenoxy) is 2. The predicted octanol–water partition coefficient (Wildman–Crippen LogP) is 0.998. The quantitative estimate of drug-likeness (QED) is 0.347. The minimum Gasteiger partial charge on any atom is -0.493 e. The van der Waals surface area contributed by atoms with Gasteiger partial charge >= 0.3 is 5.69 Å². The van der Waals surface area contributed by atoms with Crippen LogP contribution in [0.2, 0.25) is 0 Å². The molecule has 9 nitrogen and oxygen atoms in total. The van der Waals surface area contributed by atoms with E-state index in [-0.39, 0.29) is 29.2 Å². The first-order valence-corrected chi connectivity index (χ1v) is 6.00. The van der Waals surface area contributed by atoms with Gasteiger partial charge in [-0.15, -0.1) is 5.10 Å². The molecule has 0 aliphatic rings. The van der Waals surface area contributed by atoms with Crippen molar-refractivity contribution in [2.75, 3.05) is 7.11 Å². The van der Waals surface area contributed by atoms with Crippen LogP contribution >= 0.6 is 0 Å². The highest BCUT2D eigenvalue weighted by Gasteiger charge is 2.22. The lowest BCUT2D eigenvalue weighted by molar-refractivity contribution is -0.386. The number of guanidine groups is 1. The van der Waals surface area contributed by atoms with Crippen molar-refractivity contribution in [3.63, 3.8) is 0 Å². The second-order valence-electron chi connectivity index (χ2n) is 4.26. The largest absolute Gasteiger partial charge is 0.493 e. The molecule has 1 rings (SSSR count). The van der Waals surface area contributed by atoms with Gasteiger partial charge in [-0.1, -0.05) is 0 Å². The highest BCUT2D eigenvalue weighted by molar-refractivity contribution is 5.84. The van der Waals surface area contributed by atoms with E-state index in [4.69, 9.17) is 20.9 Å². The Balaban J connectivity index is 3.32. The fourth-order valence-corrected chi connectivity index (χ4v) is 1.49. The number of nitro benzene ring substituents is 1. The molecule has 0 bridgehead atoms. The summed E-state index contributed by atoms with van der Waals surface area (Å²) in [4.78, 5) is 10.6. The van der Waals surface area contributed by atoms with Crippen molar-refractivity contribution < 1.29 is 14.4 Å². The minimum absolute atomic E-state index is 0.0662. The molecule has 1 aromatic carbocycles. The summed E-state index contributed by atoms with van der Waals surface area (Å²) in [6.45, 7) is 3.52. The summed E-state index contributed by atoms with van der Waals surface area (Å²) >= 11 is 0. The summed E-state index contributed by atoms with van der Waals surface area (Å²) < 4.78 is 10.6. The number of benzene rings is 1. The number of rotatable bonds is 6. The van der Waals surface area contributed by atoms with E-state index in [0.717, 1.165) is 0 Å². The highest BCUT2D eigenvalue weighted by Crippen LogP contribution is 2.38. The van der Waals surface area contributed by atoms with Crippen LogP contribution in [0.25, 0.3) is 0 Å². The number of nitrogens with two attached hydrogens (primary N) is 2. The van der Waals surface area contributed by atoms with Crippen molar-refractivity contribution in [3.8, 4) is 11.5 Å². The van der Waals surface area contributed by atoms with Crippen LogP contribution in [0.15, 0.2) is 22.3 Å². The highest BCUT2D eigenvalue weighted by atomic mass is 16.6. The van der Waals surface area contributed by atoms with Crippen LogP contribution < -0.4 is 20.9 Å². The van der Waals surface area contributed by atoms with Crippen LogP contribution in [-0.4, -0.2) is 30.3 Å². The standard InChI is InChI=1S/C12H17N5O4/c1-7(2)21-11-9(17(18)19)4-8(5-10(11)20-3)6-15-16-12(13)14/h4-7H,1-3H3,(H4,13,14,16)/b15-6-. The Morgan fingerprint density at radius 3 is 2.57 bits per heavy atom. The third-order valence-electron chi connectivity index (χ3n) is 2.21. The number of methoxy groups -OCH3 is 1. The lowest BCUT2D eigenvalue weighted by atomic mass is 10.2. The molecule has 0 spiro atoms. The molecule has 0 aromatic heterocycles. The minimum atomic E-state index is -0.557. The molecule has 0 atom stereocenters. The van der Waals surface area contributed by atoms with E-state index < -0.39 is 4.92 Å². The van der Waals surface area contributed by atoms with Crippen LogP contribution in [0.4, 0.5) is 5.69 Å². The van der Waals surface area contributed by atoms with Gasteiger partial charge in [-0.05, 0) is 19.9 Å². The molecule has 21 heavy (non-hydrogen) atoms. The third-order valence-corrected chi connectivity index (χ3v) is 2.21. The Morgan fingerprint density at radius 1 is 1.43 bits per heavy atom. The maximum atomic E-state index is 11.2. The van der Waals surface area contributed by atoms with E-state index in [1.54, 1.807) is 13.8 Å². The number of hydrogen-bond donors (Lipinski definition) is 2. The zero-order valence-electron chi connectivity index (χ0n) is 11.9. The first-order chi connectivity index (χ1) is 9.85. The molecule has 0 saturated heterocycles. The molecule has 0 fully saturated rings. The molecule has 9 heteroatoms. The van der Waals surface area contributed by atoms with E-state index in [9.17, 15) is 10.1 Å². The molecule has 0 heterocycles. The van der Waals surface area contributed by atoms with Crippen molar-refractivity contribution in [1.82, 2.24) is 0 Å². The maximum absolute atomic E-state index is 11.2. The van der Waals surface area contributed by atoms with E-state index in [2.05, 4.69) is 10.2 Å². The Kier molecular flexibility index (Phi) is 5.47. The Labute approximate surface area is 121 Å². The normalized spacial score (nSPS) is 10.7. The monoisotopic (exact) mass is 295 g/mol. The van der Waals surface area contributed by atoms with Gasteiger partial charge in [0, 0.05) is 11.6 Å². The first kappa shape index (κ1) is 16.2. The molecule has 0 amide bonds. The SMILES string of the molecule is COc1cc(/C=N\N=C(N)N)cc([N+](=O)[O-])c1OC(C)C. The van der Waals surface area contributed by atoms with E-state index in [1.807, 2.05) is 0 Å². The topological polar surface area (TPSA) is 138 Å². The summed E-state index contributed by atoms with van der Waals surface area (Å²) in [7, 11) is 1.39. The lowest BCUT2D eigenvalue weighted by Gasteiger charge is -2.14. The van der Waals surface area contributed by atoms with Gasteiger partial charge < -0.3 is 20.9 Å². The molecular formula is C12H17N5O4. The Hall–Kier alpha value is -2.84. The van der Waals surface area contributed by atoms with E-state index >= 15 is 0 Å². The van der Waals surface area contributed by atoms with Gasteiger partial charge in [0.15, 0.2) is 5.75 Å². The van der Waals surface area contributed by atoms with Gasteiger partial charge in [-0.2, -0.15) is 5.10 Å². The molecule has 0 aliphatic carbocycles. The van der Waals surface area contributed by atoms with Crippen LogP contribution in [0.3, 0.4) is 0 Å². The molecule has 0 saturated carbocycles. The fourth-order valence-electron chi connectivity index (χ4n) is 1.49. The molecule has 0 aliphatic heterocycles. The van der Waals surface area contributed by atoms with Gasteiger partial charge in [-0.25, -0.2) is 0 Å². The summed E-state index contributed by atoms with van der Waals surface area (Å²) in [5.74, 6) is 0.0769. The zero-order chi connectivity index (χ0) is 16.0. The summed E-state index contributed by atoms with van der Waals surface area (Å²) in [6.07, 6.45) is 1.03. The van der Waals surface area contributed by atoms with Gasteiger partial charge in [0.2, 0.25) is 11.7 Å². The van der Waals surface area contributed by atoms with Crippen molar-refractivity contribution in [2.45, 2.75) is 20.0 Å². The molecule has 0 unspecified atom stereocenters. The van der Waals surface area contributed by atoms with E-state index in [0.29, 0.717) is 5.56 Å². The first-order valence-electron chi connectivity index (χ1n) is 6.00. The van der Waals surface area contributed by atoms with E-state index in [1.165, 1.54) is 25.5 Å². The van der Waals surface area contributed by atoms with Gasteiger partial charge in [-0.3, -0.25) is 10.1 Å². The summed E-state index contributed by atoms with van der Waals surface area (Å²) in [5, 5.41) is 18.2. The van der Waals surface area contributed by atoms with Gasteiger partial charge in [0.25, 0.3) is 0 Å². The molecule has 0 radical (unpaired) electrons. The average molecular weight is 295 g/mol. The zero-order valence-corrected chi connectivity index (χ0v) is 11.9. The van der Waals surface area contributed by atoms with Crippen molar-refractivity contribution in [2.24, 2.45) is 21.7 Å². The van der Waals surface area contributed by atoms with Gasteiger partial charge in [0.1, 0.15) is 0 Å². The lowest BCUT2D eigenvalue weighted by Crippen LogP contribution is -2.21. The third kappa shape index (κ3) is 4.64. The molecular weight excluding hydrogens is 278 g/mol.